The molecule has 0 heterocycles. The van der Waals surface area contributed by atoms with Gasteiger partial charge in [0.25, 0.3) is 5.91 Å². The van der Waals surface area contributed by atoms with Crippen LogP contribution in [0.4, 0.5) is 0 Å². The second-order valence-corrected chi connectivity index (χ2v) is 5.32. The number of hydrogen-bond acceptors (Lipinski definition) is 4. The highest BCUT2D eigenvalue weighted by molar-refractivity contribution is 7.98. The molecule has 1 rings (SSSR count). The van der Waals surface area contributed by atoms with E-state index in [1.54, 1.807) is 17.8 Å². The maximum atomic E-state index is 11.4. The molecule has 0 saturated carbocycles. The number of carbonyl (C=O) groups excluding carboxylic acids is 2. The lowest BCUT2D eigenvalue weighted by Crippen LogP contribution is -2.33. The third-order valence-electron chi connectivity index (χ3n) is 2.32. The highest BCUT2D eigenvalue weighted by atomic mass is 32.2. The second-order valence-electron chi connectivity index (χ2n) is 4.44. The molecule has 4 nitrogen and oxygen atoms in total. The predicted octanol–water partition coefficient (Wildman–Crippen LogP) is 2.49. The molecule has 0 radical (unpaired) electrons. The van der Waals surface area contributed by atoms with Crippen molar-refractivity contribution in [1.82, 2.24) is 5.32 Å². The first kappa shape index (κ1) is 16.3. The van der Waals surface area contributed by atoms with Crippen LogP contribution in [0.5, 0.6) is 0 Å². The smallest absolute Gasteiger partial charge is 0.331 e. The average Bonchev–Trinajstić information content (AvgIpc) is 2.42. The van der Waals surface area contributed by atoms with Crippen LogP contribution in [0, 0.1) is 0 Å². The van der Waals surface area contributed by atoms with E-state index in [1.807, 2.05) is 44.4 Å². The molecule has 0 saturated heterocycles. The summed E-state index contributed by atoms with van der Waals surface area (Å²) in [4.78, 5) is 23.9. The van der Waals surface area contributed by atoms with Crippen molar-refractivity contribution >= 4 is 29.7 Å². The summed E-state index contributed by atoms with van der Waals surface area (Å²) >= 11 is 1.66. The van der Waals surface area contributed by atoms with Gasteiger partial charge in [0.15, 0.2) is 6.61 Å². The molecule has 0 atom stereocenters. The van der Waals surface area contributed by atoms with Crippen molar-refractivity contribution in [2.75, 3.05) is 12.9 Å². The highest BCUT2D eigenvalue weighted by Crippen LogP contribution is 2.15. The fraction of sp³-hybridized carbons (Fsp3) is 0.333. The van der Waals surface area contributed by atoms with Gasteiger partial charge in [-0.25, -0.2) is 4.79 Å². The number of thioether (sulfide) groups is 1. The number of esters is 1. The Morgan fingerprint density at radius 2 is 1.95 bits per heavy atom. The molecule has 0 aromatic heterocycles. The third-order valence-corrected chi connectivity index (χ3v) is 3.07. The summed E-state index contributed by atoms with van der Waals surface area (Å²) in [5.74, 6) is -0.830. The largest absolute Gasteiger partial charge is 0.452 e. The van der Waals surface area contributed by atoms with Crippen LogP contribution in [0.3, 0.4) is 0 Å². The molecule has 20 heavy (non-hydrogen) atoms. The van der Waals surface area contributed by atoms with E-state index in [9.17, 15) is 9.59 Å². The van der Waals surface area contributed by atoms with Gasteiger partial charge >= 0.3 is 5.97 Å². The van der Waals surface area contributed by atoms with E-state index >= 15 is 0 Å². The van der Waals surface area contributed by atoms with E-state index in [0.29, 0.717) is 0 Å². The van der Waals surface area contributed by atoms with E-state index in [1.165, 1.54) is 6.08 Å². The SMILES string of the molecule is CSc1ccc(C=CC(=O)OCC(=O)NC(C)C)cc1. The van der Waals surface area contributed by atoms with Gasteiger partial charge in [-0.3, -0.25) is 4.79 Å². The summed E-state index contributed by atoms with van der Waals surface area (Å²) in [6.07, 6.45) is 4.98. The van der Waals surface area contributed by atoms with Crippen molar-refractivity contribution in [3.8, 4) is 0 Å². The highest BCUT2D eigenvalue weighted by Gasteiger charge is 2.05. The number of carbonyl (C=O) groups is 2. The van der Waals surface area contributed by atoms with E-state index in [0.717, 1.165) is 10.5 Å². The standard InChI is InChI=1S/C15H19NO3S/c1-11(2)16-14(17)10-19-15(18)9-6-12-4-7-13(20-3)8-5-12/h4-9,11H,10H2,1-3H3,(H,16,17). The van der Waals surface area contributed by atoms with Gasteiger partial charge in [0.2, 0.25) is 0 Å². The Balaban J connectivity index is 2.41. The molecule has 0 aliphatic rings. The molecule has 5 heteroatoms. The molecule has 1 aromatic rings. The van der Waals surface area contributed by atoms with Crippen LogP contribution in [0.2, 0.25) is 0 Å². The minimum absolute atomic E-state index is 0.0340. The van der Waals surface area contributed by atoms with Gasteiger partial charge in [-0.05, 0) is 43.9 Å². The van der Waals surface area contributed by atoms with E-state index in [2.05, 4.69) is 5.32 Å². The third kappa shape index (κ3) is 6.43. The molecule has 0 aliphatic heterocycles. The molecule has 1 N–H and O–H groups in total. The Kier molecular flexibility index (Phi) is 6.87. The first-order valence-corrected chi connectivity index (χ1v) is 7.52. The summed E-state index contributed by atoms with van der Waals surface area (Å²) < 4.78 is 4.83. The van der Waals surface area contributed by atoms with Crippen molar-refractivity contribution in [2.24, 2.45) is 0 Å². The number of ether oxygens (including phenoxy) is 1. The second kappa shape index (κ2) is 8.43. The summed E-state index contributed by atoms with van der Waals surface area (Å²) in [5.41, 5.74) is 0.909. The quantitative estimate of drug-likeness (QED) is 0.497. The lowest BCUT2D eigenvalue weighted by Gasteiger charge is -2.07. The Morgan fingerprint density at radius 1 is 1.30 bits per heavy atom. The van der Waals surface area contributed by atoms with Crippen molar-refractivity contribution in [3.05, 3.63) is 35.9 Å². The van der Waals surface area contributed by atoms with Gasteiger partial charge in [0.05, 0.1) is 0 Å². The summed E-state index contributed by atoms with van der Waals surface area (Å²) in [6.45, 7) is 3.43. The molecule has 1 amide bonds. The lowest BCUT2D eigenvalue weighted by atomic mass is 10.2. The van der Waals surface area contributed by atoms with Crippen LogP contribution in [0.25, 0.3) is 6.08 Å². The Bertz CT molecular complexity index is 480. The zero-order valence-corrected chi connectivity index (χ0v) is 12.7. The number of benzene rings is 1. The summed E-state index contributed by atoms with van der Waals surface area (Å²) in [5, 5.41) is 2.64. The molecule has 0 bridgehead atoms. The molecule has 108 valence electrons. The number of hydrogen-bond donors (Lipinski definition) is 1. The lowest BCUT2D eigenvalue weighted by molar-refractivity contribution is -0.143. The van der Waals surface area contributed by atoms with Gasteiger partial charge in [-0.2, -0.15) is 0 Å². The van der Waals surface area contributed by atoms with Crippen molar-refractivity contribution in [3.63, 3.8) is 0 Å². The molecular weight excluding hydrogens is 274 g/mol. The van der Waals surface area contributed by atoms with Crippen molar-refractivity contribution in [2.45, 2.75) is 24.8 Å². The Labute approximate surface area is 123 Å². The van der Waals surface area contributed by atoms with Crippen molar-refractivity contribution < 1.29 is 14.3 Å². The fourth-order valence-corrected chi connectivity index (χ4v) is 1.84. The van der Waals surface area contributed by atoms with Crippen LogP contribution in [0.1, 0.15) is 19.4 Å². The fourth-order valence-electron chi connectivity index (χ4n) is 1.43. The van der Waals surface area contributed by atoms with Crippen LogP contribution in [0.15, 0.2) is 35.2 Å². The van der Waals surface area contributed by atoms with Crippen LogP contribution < -0.4 is 5.32 Å². The van der Waals surface area contributed by atoms with Gasteiger partial charge < -0.3 is 10.1 Å². The summed E-state index contributed by atoms with van der Waals surface area (Å²) in [7, 11) is 0. The zero-order chi connectivity index (χ0) is 15.0. The number of nitrogens with one attached hydrogen (secondary N) is 1. The van der Waals surface area contributed by atoms with Gasteiger partial charge in [-0.1, -0.05) is 12.1 Å². The topological polar surface area (TPSA) is 55.4 Å². The van der Waals surface area contributed by atoms with E-state index in [4.69, 9.17) is 4.74 Å². The van der Waals surface area contributed by atoms with Gasteiger partial charge in [-0.15, -0.1) is 11.8 Å². The van der Waals surface area contributed by atoms with Crippen LogP contribution in [-0.4, -0.2) is 30.8 Å². The first-order chi connectivity index (χ1) is 9.51. The zero-order valence-electron chi connectivity index (χ0n) is 11.9. The molecule has 0 fully saturated rings. The molecule has 0 unspecified atom stereocenters. The minimum atomic E-state index is -0.530. The molecule has 1 aromatic carbocycles. The van der Waals surface area contributed by atoms with Crippen LogP contribution in [-0.2, 0) is 14.3 Å². The maximum Gasteiger partial charge on any atom is 0.331 e. The Morgan fingerprint density at radius 3 is 2.50 bits per heavy atom. The summed E-state index contributed by atoms with van der Waals surface area (Å²) in [6, 6.07) is 7.83. The molecule has 0 spiro atoms. The predicted molar refractivity (Wildman–Crippen MR) is 81.5 cm³/mol. The Hall–Kier alpha value is -1.75. The average molecular weight is 293 g/mol. The minimum Gasteiger partial charge on any atom is -0.452 e. The normalized spacial score (nSPS) is 10.8. The monoisotopic (exact) mass is 293 g/mol. The van der Waals surface area contributed by atoms with E-state index in [-0.39, 0.29) is 18.6 Å². The van der Waals surface area contributed by atoms with Gasteiger partial charge in [0, 0.05) is 17.0 Å². The number of rotatable bonds is 6. The van der Waals surface area contributed by atoms with E-state index < -0.39 is 5.97 Å². The van der Waals surface area contributed by atoms with Crippen molar-refractivity contribution in [1.29, 1.82) is 0 Å². The maximum absolute atomic E-state index is 11.4. The molecular formula is C15H19NO3S. The number of amides is 1. The first-order valence-electron chi connectivity index (χ1n) is 6.29. The molecule has 0 aliphatic carbocycles. The van der Waals surface area contributed by atoms with Gasteiger partial charge in [0.1, 0.15) is 0 Å². The van der Waals surface area contributed by atoms with Crippen LogP contribution >= 0.6 is 11.8 Å².